The summed E-state index contributed by atoms with van der Waals surface area (Å²) >= 11 is 0. The van der Waals surface area contributed by atoms with E-state index in [0.29, 0.717) is 5.69 Å². The zero-order valence-corrected chi connectivity index (χ0v) is 17.2. The third-order valence-electron chi connectivity index (χ3n) is 4.01. The minimum Gasteiger partial charge on any atom is -0.481 e. The van der Waals surface area contributed by atoms with Gasteiger partial charge in [0.2, 0.25) is 23.6 Å². The van der Waals surface area contributed by atoms with Crippen molar-refractivity contribution >= 4 is 35.6 Å². The van der Waals surface area contributed by atoms with Crippen LogP contribution in [0.4, 0.5) is 0 Å². The number of aromatic amines is 1. The fraction of sp³-hybridized carbons (Fsp3) is 0.471. The number of carbonyl (C=O) groups is 6. The van der Waals surface area contributed by atoms with Crippen molar-refractivity contribution in [2.24, 2.45) is 5.73 Å². The zero-order chi connectivity index (χ0) is 25.0. The van der Waals surface area contributed by atoms with E-state index in [0.717, 1.165) is 0 Å². The zero-order valence-electron chi connectivity index (χ0n) is 17.2. The molecule has 10 N–H and O–H groups in total. The number of amides is 4. The van der Waals surface area contributed by atoms with Crippen LogP contribution in [0, 0.1) is 0 Å². The van der Waals surface area contributed by atoms with E-state index in [1.165, 1.54) is 12.5 Å². The summed E-state index contributed by atoms with van der Waals surface area (Å²) in [5.41, 5.74) is 6.31. The number of nitrogens with two attached hydrogens (primary N) is 1. The Morgan fingerprint density at radius 1 is 0.939 bits per heavy atom. The highest BCUT2D eigenvalue weighted by Gasteiger charge is 2.28. The number of carbonyl (C=O) groups excluding carboxylic acids is 4. The monoisotopic (exact) mass is 471 g/mol. The molecule has 1 aromatic rings. The number of H-pyrrole nitrogens is 1. The first-order chi connectivity index (χ1) is 15.5. The van der Waals surface area contributed by atoms with Crippen molar-refractivity contribution in [1.29, 1.82) is 0 Å². The Balaban J connectivity index is 2.63. The summed E-state index contributed by atoms with van der Waals surface area (Å²) in [7, 11) is 0. The molecule has 0 spiro atoms. The van der Waals surface area contributed by atoms with E-state index in [1.54, 1.807) is 0 Å². The van der Waals surface area contributed by atoms with Gasteiger partial charge in [-0.15, -0.1) is 0 Å². The lowest BCUT2D eigenvalue weighted by molar-refractivity contribution is -0.141. The molecule has 1 heterocycles. The summed E-state index contributed by atoms with van der Waals surface area (Å²) in [4.78, 5) is 76.3. The average molecular weight is 471 g/mol. The van der Waals surface area contributed by atoms with E-state index in [1.807, 2.05) is 10.6 Å². The molecule has 0 aromatic carbocycles. The predicted octanol–water partition coefficient (Wildman–Crippen LogP) is -4.97. The molecule has 0 aliphatic rings. The van der Waals surface area contributed by atoms with Crippen molar-refractivity contribution in [2.45, 2.75) is 31.0 Å². The van der Waals surface area contributed by atoms with Gasteiger partial charge >= 0.3 is 11.9 Å². The lowest BCUT2D eigenvalue weighted by Crippen LogP contribution is -2.56. The Morgan fingerprint density at radius 3 is 2.15 bits per heavy atom. The van der Waals surface area contributed by atoms with Gasteiger partial charge in [-0.2, -0.15) is 0 Å². The van der Waals surface area contributed by atoms with Crippen LogP contribution in [-0.2, 0) is 35.2 Å². The Bertz CT molecular complexity index is 859. The number of aliphatic hydroxyl groups is 1. The maximum Gasteiger partial charge on any atom is 0.322 e. The van der Waals surface area contributed by atoms with Crippen LogP contribution in [0.1, 0.15) is 12.1 Å². The van der Waals surface area contributed by atoms with Gasteiger partial charge in [-0.25, -0.2) is 4.98 Å². The van der Waals surface area contributed by atoms with E-state index in [-0.39, 0.29) is 6.42 Å². The van der Waals surface area contributed by atoms with Gasteiger partial charge in [-0.05, 0) is 0 Å². The van der Waals surface area contributed by atoms with Crippen LogP contribution >= 0.6 is 0 Å². The molecule has 1 aromatic heterocycles. The number of aliphatic hydroxyl groups excluding tert-OH is 1. The number of hydrogen-bond acceptors (Lipinski definition) is 9. The minimum absolute atomic E-state index is 0.115. The number of rotatable bonds is 14. The predicted molar refractivity (Wildman–Crippen MR) is 107 cm³/mol. The first-order valence-electron chi connectivity index (χ1n) is 9.45. The van der Waals surface area contributed by atoms with Crippen LogP contribution in [-0.4, -0.2) is 98.7 Å². The molecule has 16 heteroatoms. The van der Waals surface area contributed by atoms with Crippen molar-refractivity contribution in [3.8, 4) is 0 Å². The van der Waals surface area contributed by atoms with Crippen molar-refractivity contribution in [3.05, 3.63) is 18.2 Å². The van der Waals surface area contributed by atoms with Crippen LogP contribution < -0.4 is 27.0 Å². The second-order valence-electron chi connectivity index (χ2n) is 6.68. The molecule has 1 rings (SSSR count). The molecular weight excluding hydrogens is 446 g/mol. The molecule has 0 fully saturated rings. The summed E-state index contributed by atoms with van der Waals surface area (Å²) in [5.74, 6) is -6.60. The first kappa shape index (κ1) is 27.0. The largest absolute Gasteiger partial charge is 0.481 e. The van der Waals surface area contributed by atoms with E-state index >= 15 is 0 Å². The highest BCUT2D eigenvalue weighted by atomic mass is 16.4. The van der Waals surface area contributed by atoms with Gasteiger partial charge in [0.1, 0.15) is 18.6 Å². The molecule has 0 unspecified atom stereocenters. The molecule has 33 heavy (non-hydrogen) atoms. The van der Waals surface area contributed by atoms with E-state index in [9.17, 15) is 33.9 Å². The highest BCUT2D eigenvalue weighted by molar-refractivity contribution is 5.95. The van der Waals surface area contributed by atoms with Gasteiger partial charge < -0.3 is 47.3 Å². The van der Waals surface area contributed by atoms with Crippen LogP contribution in [0.25, 0.3) is 0 Å². The number of nitrogens with one attached hydrogen (secondary N) is 5. The second-order valence-corrected chi connectivity index (χ2v) is 6.68. The van der Waals surface area contributed by atoms with Gasteiger partial charge in [0.25, 0.3) is 0 Å². The van der Waals surface area contributed by atoms with Crippen molar-refractivity contribution in [1.82, 2.24) is 31.2 Å². The Morgan fingerprint density at radius 2 is 1.61 bits per heavy atom. The summed E-state index contributed by atoms with van der Waals surface area (Å²) in [5, 5.41) is 35.1. The Kier molecular flexibility index (Phi) is 10.9. The number of nitrogens with zero attached hydrogens (tertiary/aromatic N) is 1. The summed E-state index contributed by atoms with van der Waals surface area (Å²) in [6.45, 7) is -2.32. The van der Waals surface area contributed by atoms with Gasteiger partial charge in [0, 0.05) is 18.3 Å². The van der Waals surface area contributed by atoms with Crippen LogP contribution in [0.15, 0.2) is 12.5 Å². The average Bonchev–Trinajstić information content (AvgIpc) is 3.25. The van der Waals surface area contributed by atoms with Crippen LogP contribution in [0.5, 0.6) is 0 Å². The van der Waals surface area contributed by atoms with Gasteiger partial charge in [0.05, 0.1) is 31.9 Å². The quantitative estimate of drug-likeness (QED) is 0.124. The summed E-state index contributed by atoms with van der Waals surface area (Å²) in [6, 6.07) is -4.26. The number of aliphatic carboxylic acids is 2. The minimum atomic E-state index is -1.66. The van der Waals surface area contributed by atoms with Gasteiger partial charge in [-0.3, -0.25) is 28.8 Å². The molecule has 3 atom stereocenters. The molecule has 0 aliphatic carbocycles. The van der Waals surface area contributed by atoms with E-state index < -0.39 is 79.8 Å². The number of carboxylic acid groups (broad SMARTS) is 2. The molecule has 182 valence electrons. The van der Waals surface area contributed by atoms with E-state index in [4.69, 9.17) is 15.9 Å². The molecule has 0 saturated carbocycles. The standard InChI is InChI=1S/C17H25N7O9/c18-9(1-8-3-19-7-22-8)15(31)20-4-12(26)23-10(2-13(27)28)17(33)24-11(6-25)16(32)21-5-14(29)30/h3,7,9-11,25H,1-2,4-6,18H2,(H,19,22)(H,20,31)(H,21,32)(H,23,26)(H,24,33)(H,27,28)(H,29,30)/t9-,10-,11-/m0/s1. The Labute approximate surface area is 186 Å². The van der Waals surface area contributed by atoms with Crippen LogP contribution in [0.3, 0.4) is 0 Å². The van der Waals surface area contributed by atoms with E-state index in [2.05, 4.69) is 20.6 Å². The fourth-order valence-electron chi connectivity index (χ4n) is 2.41. The normalized spacial score (nSPS) is 13.2. The molecule has 4 amide bonds. The smallest absolute Gasteiger partial charge is 0.322 e. The molecule has 16 nitrogen and oxygen atoms in total. The maximum absolute atomic E-state index is 12.3. The summed E-state index contributed by atoms with van der Waals surface area (Å²) in [6.07, 6.45) is 2.11. The lowest BCUT2D eigenvalue weighted by Gasteiger charge is -2.21. The molecule has 0 aliphatic heterocycles. The summed E-state index contributed by atoms with van der Waals surface area (Å²) < 4.78 is 0. The van der Waals surface area contributed by atoms with Crippen molar-refractivity contribution in [2.75, 3.05) is 19.7 Å². The molecule has 0 saturated heterocycles. The topological polar surface area (TPSA) is 266 Å². The fourth-order valence-corrected chi connectivity index (χ4v) is 2.41. The number of carboxylic acids is 2. The third kappa shape index (κ3) is 10.2. The van der Waals surface area contributed by atoms with Crippen molar-refractivity contribution in [3.63, 3.8) is 0 Å². The number of imidazole rings is 1. The lowest BCUT2D eigenvalue weighted by atomic mass is 10.1. The maximum atomic E-state index is 12.3. The molecule has 0 bridgehead atoms. The van der Waals surface area contributed by atoms with Gasteiger partial charge in [0.15, 0.2) is 0 Å². The van der Waals surface area contributed by atoms with Crippen molar-refractivity contribution < 1.29 is 44.1 Å². The number of aromatic nitrogens is 2. The Hall–Kier alpha value is -4.05. The molecule has 0 radical (unpaired) electrons. The van der Waals surface area contributed by atoms with Crippen LogP contribution in [0.2, 0.25) is 0 Å². The third-order valence-corrected chi connectivity index (χ3v) is 4.01. The SMILES string of the molecule is N[C@@H](Cc1cnc[nH]1)C(=O)NCC(=O)N[C@@H](CC(=O)O)C(=O)N[C@@H](CO)C(=O)NCC(=O)O. The van der Waals surface area contributed by atoms with Gasteiger partial charge in [-0.1, -0.05) is 0 Å². The number of hydrogen-bond donors (Lipinski definition) is 9. The highest BCUT2D eigenvalue weighted by Crippen LogP contribution is 1.97. The first-order valence-corrected chi connectivity index (χ1v) is 9.45. The molecular formula is C17H25N7O9. The second kappa shape index (κ2) is 13.4.